The molecule has 0 amide bonds. The van der Waals surface area contributed by atoms with Crippen molar-refractivity contribution >= 4 is 5.69 Å². The first-order valence-electron chi connectivity index (χ1n) is 8.91. The van der Waals surface area contributed by atoms with Gasteiger partial charge in [0.2, 0.25) is 0 Å². The van der Waals surface area contributed by atoms with E-state index >= 15 is 0 Å². The van der Waals surface area contributed by atoms with E-state index in [2.05, 4.69) is 29.9 Å². The molecule has 1 rings (SSSR count). The largest absolute Gasteiger partial charge is 0.399 e. The third kappa shape index (κ3) is 22.6. The van der Waals surface area contributed by atoms with Crippen LogP contribution in [0, 0.1) is 6.92 Å². The summed E-state index contributed by atoms with van der Waals surface area (Å²) in [5, 5.41) is 6.12. The van der Waals surface area contributed by atoms with Crippen LogP contribution in [-0.4, -0.2) is 20.1 Å². The average molecular weight is 340 g/mol. The predicted octanol–water partition coefficient (Wildman–Crippen LogP) is 3.53. The molecule has 0 aromatic heterocycles. The van der Waals surface area contributed by atoms with Crippen molar-refractivity contribution in [1.29, 1.82) is 0 Å². The monoisotopic (exact) mass is 339 g/mol. The van der Waals surface area contributed by atoms with Gasteiger partial charge in [-0.15, -0.1) is 0 Å². The Morgan fingerprint density at radius 3 is 1.92 bits per heavy atom. The first-order valence-corrected chi connectivity index (χ1v) is 8.91. The minimum absolute atomic E-state index is 0.829. The molecule has 5 heteroatoms. The molecule has 5 nitrogen and oxygen atoms in total. The Morgan fingerprint density at radius 2 is 1.58 bits per heavy atom. The number of hydrogen-bond acceptors (Lipinski definition) is 5. The highest BCUT2D eigenvalue weighted by atomic mass is 15.2. The van der Waals surface area contributed by atoms with Crippen LogP contribution in [0.4, 0.5) is 5.69 Å². The molecule has 0 aliphatic heterocycles. The van der Waals surface area contributed by atoms with E-state index in [4.69, 9.17) is 11.6 Å². The fraction of sp³-hybridized carbons (Fsp3) is 0.579. The molecule has 0 atom stereocenters. The number of rotatable bonds is 6. The minimum atomic E-state index is 0.829. The molecule has 0 bridgehead atoms. The predicted molar refractivity (Wildman–Crippen MR) is 111 cm³/mol. The molecule has 1 aromatic carbocycles. The van der Waals surface area contributed by atoms with Crippen molar-refractivity contribution in [2.45, 2.75) is 54.4 Å². The van der Waals surface area contributed by atoms with Gasteiger partial charge in [-0.25, -0.2) is 0 Å². The number of hydrogen-bond donors (Lipinski definition) is 5. The molecule has 7 N–H and O–H groups in total. The van der Waals surface area contributed by atoms with Gasteiger partial charge in [0.25, 0.3) is 0 Å². The number of nitrogens with two attached hydrogens (primary N) is 2. The van der Waals surface area contributed by atoms with E-state index in [9.17, 15) is 0 Å². The fourth-order valence-corrected chi connectivity index (χ4v) is 1.24. The first-order chi connectivity index (χ1) is 11.5. The van der Waals surface area contributed by atoms with Crippen molar-refractivity contribution in [2.24, 2.45) is 5.84 Å². The van der Waals surface area contributed by atoms with E-state index in [0.717, 1.165) is 30.9 Å². The van der Waals surface area contributed by atoms with Gasteiger partial charge in [0.15, 0.2) is 0 Å². The Balaban J connectivity index is -0.000000296. The Kier molecular flexibility index (Phi) is 26.6. The van der Waals surface area contributed by atoms with Crippen LogP contribution in [0.25, 0.3) is 0 Å². The molecule has 0 radical (unpaired) electrons. The topological polar surface area (TPSA) is 88.1 Å². The van der Waals surface area contributed by atoms with Crippen LogP contribution >= 0.6 is 0 Å². The van der Waals surface area contributed by atoms with Crippen LogP contribution < -0.4 is 27.6 Å². The van der Waals surface area contributed by atoms with Crippen molar-refractivity contribution in [1.82, 2.24) is 16.1 Å². The van der Waals surface area contributed by atoms with Gasteiger partial charge in [-0.05, 0) is 33.0 Å². The van der Waals surface area contributed by atoms with Crippen molar-refractivity contribution < 1.29 is 0 Å². The van der Waals surface area contributed by atoms with E-state index in [0.29, 0.717) is 0 Å². The number of anilines is 1. The van der Waals surface area contributed by atoms with Crippen LogP contribution in [0.2, 0.25) is 0 Å². The van der Waals surface area contributed by atoms with Crippen LogP contribution in [0.1, 0.15) is 53.0 Å². The summed E-state index contributed by atoms with van der Waals surface area (Å²) >= 11 is 0. The Morgan fingerprint density at radius 1 is 1.08 bits per heavy atom. The van der Waals surface area contributed by atoms with E-state index in [-0.39, 0.29) is 0 Å². The van der Waals surface area contributed by atoms with E-state index in [1.165, 1.54) is 12.0 Å². The summed E-state index contributed by atoms with van der Waals surface area (Å²) in [5.74, 6) is 5.27. The third-order valence-corrected chi connectivity index (χ3v) is 2.39. The zero-order valence-electron chi connectivity index (χ0n) is 16.9. The maximum Gasteiger partial charge on any atom is 0.0428 e. The molecule has 0 saturated carbocycles. The second-order valence-corrected chi connectivity index (χ2v) is 4.84. The van der Waals surface area contributed by atoms with Gasteiger partial charge >= 0.3 is 0 Å². The Hall–Kier alpha value is -1.72. The number of benzene rings is 1. The molecule has 0 aliphatic rings. The summed E-state index contributed by atoms with van der Waals surface area (Å²) in [4.78, 5) is 0. The summed E-state index contributed by atoms with van der Waals surface area (Å²) in [5.41, 5.74) is 11.2. The lowest BCUT2D eigenvalue weighted by Crippen LogP contribution is -2.25. The zero-order valence-corrected chi connectivity index (χ0v) is 16.9. The van der Waals surface area contributed by atoms with E-state index < -0.39 is 0 Å². The van der Waals surface area contributed by atoms with Gasteiger partial charge in [-0.1, -0.05) is 51.8 Å². The quantitative estimate of drug-likeness (QED) is 0.311. The molecule has 0 unspecified atom stereocenters. The number of nitrogen functional groups attached to an aromatic ring is 1. The van der Waals surface area contributed by atoms with Crippen molar-refractivity contribution in [3.63, 3.8) is 0 Å². The normalized spacial score (nSPS) is 9.25. The highest BCUT2D eigenvalue weighted by Gasteiger charge is 1.90. The second-order valence-electron chi connectivity index (χ2n) is 4.84. The highest BCUT2D eigenvalue weighted by Crippen LogP contribution is 2.02. The van der Waals surface area contributed by atoms with Crippen LogP contribution in [0.5, 0.6) is 0 Å². The lowest BCUT2D eigenvalue weighted by molar-refractivity contribution is 0.713. The van der Waals surface area contributed by atoms with E-state index in [1.807, 2.05) is 65.2 Å². The standard InChI is InChI=1S/C7H18N4.C7H9N.C3H8.C2H6/c1-3-10-6-7(11-8)4-5-9-2;1-6-2-4-7(8)5-3-6;1-3-2;1-2/h6,9-11H,3-5,8H2,1-2H3;2-5H,8H2,1H3;3H2,1-2H3;1-2H3/b7-6-;;;. The van der Waals surface area contributed by atoms with Gasteiger partial charge in [-0.3, -0.25) is 5.84 Å². The lowest BCUT2D eigenvalue weighted by atomic mass is 10.2. The van der Waals surface area contributed by atoms with Crippen molar-refractivity contribution in [3.05, 3.63) is 41.7 Å². The molecular weight excluding hydrogens is 298 g/mol. The second kappa shape index (κ2) is 23.5. The zero-order chi connectivity index (χ0) is 19.2. The van der Waals surface area contributed by atoms with Gasteiger partial charge in [-0.2, -0.15) is 0 Å². The van der Waals surface area contributed by atoms with Gasteiger partial charge in [0.1, 0.15) is 0 Å². The highest BCUT2D eigenvalue weighted by molar-refractivity contribution is 5.38. The molecule has 0 fully saturated rings. The number of aryl methyl sites for hydroxylation is 1. The summed E-state index contributed by atoms with van der Waals surface area (Å²) < 4.78 is 0. The minimum Gasteiger partial charge on any atom is -0.399 e. The SMILES string of the molecule is CC.CCC.CCN/C=C(/CCNC)NN.Cc1ccc(N)cc1. The van der Waals surface area contributed by atoms with E-state index in [1.54, 1.807) is 0 Å². The first kappa shape index (κ1) is 27.1. The summed E-state index contributed by atoms with van der Waals surface area (Å²) in [6.07, 6.45) is 4.07. The van der Waals surface area contributed by atoms with Gasteiger partial charge in [0, 0.05) is 37.1 Å². The molecule has 0 saturated heterocycles. The summed E-state index contributed by atoms with van der Waals surface area (Å²) in [7, 11) is 1.92. The van der Waals surface area contributed by atoms with Gasteiger partial charge < -0.3 is 21.8 Å². The Bertz CT molecular complexity index is 340. The van der Waals surface area contributed by atoms with Crippen LogP contribution in [-0.2, 0) is 0 Å². The van der Waals surface area contributed by atoms with Crippen molar-refractivity contribution in [2.75, 3.05) is 25.9 Å². The Labute approximate surface area is 150 Å². The number of nitrogens with one attached hydrogen (secondary N) is 3. The summed E-state index contributed by atoms with van der Waals surface area (Å²) in [6.45, 7) is 14.2. The maximum absolute atomic E-state index is 5.43. The molecule has 1 aromatic rings. The maximum atomic E-state index is 5.43. The smallest absolute Gasteiger partial charge is 0.0428 e. The van der Waals surface area contributed by atoms with Crippen molar-refractivity contribution in [3.8, 4) is 0 Å². The van der Waals surface area contributed by atoms with Crippen LogP contribution in [0.15, 0.2) is 36.2 Å². The fourth-order valence-electron chi connectivity index (χ4n) is 1.24. The van der Waals surface area contributed by atoms with Gasteiger partial charge in [0.05, 0.1) is 0 Å². The lowest BCUT2D eigenvalue weighted by Gasteiger charge is -2.05. The molecular formula is C19H41N5. The molecule has 0 heterocycles. The molecule has 142 valence electrons. The number of hydrazine groups is 1. The summed E-state index contributed by atoms with van der Waals surface area (Å²) in [6, 6.07) is 7.79. The third-order valence-electron chi connectivity index (χ3n) is 2.39. The van der Waals surface area contributed by atoms with Crippen LogP contribution in [0.3, 0.4) is 0 Å². The molecule has 24 heavy (non-hydrogen) atoms. The molecule has 0 spiro atoms. The average Bonchev–Trinajstić information content (AvgIpc) is 2.61. The molecule has 0 aliphatic carbocycles.